The summed E-state index contributed by atoms with van der Waals surface area (Å²) in [6, 6.07) is 2.93. The minimum atomic E-state index is -0.740. The number of phenolic OH excluding ortho intramolecular Hbond substituents is 1. The van der Waals surface area contributed by atoms with Crippen LogP contribution in [0.3, 0.4) is 0 Å². The monoisotopic (exact) mass is 312 g/mol. The largest absolute Gasteiger partial charge is 0.503 e. The SMILES string of the molecule is COc1cc(CC[N+](=O)[O-])cc(NC(=O)OC(C)(C)C)c1O. The molecule has 1 amide bonds. The van der Waals surface area contributed by atoms with E-state index in [-0.39, 0.29) is 30.2 Å². The first kappa shape index (κ1) is 17.5. The van der Waals surface area contributed by atoms with Gasteiger partial charge in [-0.3, -0.25) is 15.4 Å². The number of methoxy groups -OCH3 is 1. The van der Waals surface area contributed by atoms with Crippen LogP contribution in [-0.2, 0) is 11.2 Å². The summed E-state index contributed by atoms with van der Waals surface area (Å²) in [7, 11) is 1.35. The number of hydrogen-bond acceptors (Lipinski definition) is 6. The average molecular weight is 312 g/mol. The van der Waals surface area contributed by atoms with E-state index in [1.807, 2.05) is 0 Å². The second kappa shape index (κ2) is 6.97. The molecule has 1 aromatic carbocycles. The normalized spacial score (nSPS) is 10.9. The van der Waals surface area contributed by atoms with Gasteiger partial charge >= 0.3 is 6.09 Å². The van der Waals surface area contributed by atoms with E-state index in [9.17, 15) is 20.0 Å². The molecule has 1 aromatic rings. The minimum absolute atomic E-state index is 0.0759. The Morgan fingerprint density at radius 2 is 2.05 bits per heavy atom. The van der Waals surface area contributed by atoms with Crippen LogP contribution >= 0.6 is 0 Å². The molecule has 2 N–H and O–H groups in total. The van der Waals surface area contributed by atoms with E-state index in [1.165, 1.54) is 19.2 Å². The van der Waals surface area contributed by atoms with Crippen molar-refractivity contribution >= 4 is 11.8 Å². The van der Waals surface area contributed by atoms with Crippen molar-refractivity contribution in [3.8, 4) is 11.5 Å². The highest BCUT2D eigenvalue weighted by Crippen LogP contribution is 2.36. The number of benzene rings is 1. The number of ether oxygens (including phenoxy) is 2. The van der Waals surface area contributed by atoms with Crippen LogP contribution in [-0.4, -0.2) is 35.4 Å². The van der Waals surface area contributed by atoms with Gasteiger partial charge in [-0.05, 0) is 38.5 Å². The summed E-state index contributed by atoms with van der Waals surface area (Å²) in [6.45, 7) is 4.86. The van der Waals surface area contributed by atoms with Gasteiger partial charge < -0.3 is 14.6 Å². The molecule has 0 aromatic heterocycles. The minimum Gasteiger partial charge on any atom is -0.503 e. The molecular formula is C14H20N2O6. The number of nitrogens with zero attached hydrogens (tertiary/aromatic N) is 1. The van der Waals surface area contributed by atoms with Crippen molar-refractivity contribution in [3.63, 3.8) is 0 Å². The topological polar surface area (TPSA) is 111 Å². The molecule has 0 bridgehead atoms. The lowest BCUT2D eigenvalue weighted by Crippen LogP contribution is -2.27. The number of phenols is 1. The Hall–Kier alpha value is -2.51. The maximum atomic E-state index is 11.8. The molecule has 0 aliphatic rings. The zero-order chi connectivity index (χ0) is 16.9. The maximum absolute atomic E-state index is 11.8. The van der Waals surface area contributed by atoms with Crippen molar-refractivity contribution in [2.24, 2.45) is 0 Å². The molecule has 22 heavy (non-hydrogen) atoms. The molecule has 0 heterocycles. The molecule has 0 saturated carbocycles. The molecule has 8 nitrogen and oxygen atoms in total. The van der Waals surface area contributed by atoms with Crippen LogP contribution in [0, 0.1) is 10.1 Å². The fraction of sp³-hybridized carbons (Fsp3) is 0.500. The van der Waals surface area contributed by atoms with E-state index in [2.05, 4.69) is 5.32 Å². The molecular weight excluding hydrogens is 292 g/mol. The summed E-state index contributed by atoms with van der Waals surface area (Å²) in [4.78, 5) is 21.8. The van der Waals surface area contributed by atoms with Gasteiger partial charge in [-0.15, -0.1) is 0 Å². The van der Waals surface area contributed by atoms with E-state index in [0.717, 1.165) is 0 Å². The Bertz CT molecular complexity index is 565. The number of amides is 1. The average Bonchev–Trinajstić information content (AvgIpc) is 2.37. The van der Waals surface area contributed by atoms with Crippen molar-refractivity contribution in [1.82, 2.24) is 0 Å². The number of carbonyl (C=O) groups excluding carboxylic acids is 1. The van der Waals surface area contributed by atoms with Gasteiger partial charge in [0.15, 0.2) is 11.5 Å². The zero-order valence-electron chi connectivity index (χ0n) is 13.0. The molecule has 0 atom stereocenters. The van der Waals surface area contributed by atoms with Crippen LogP contribution in [0.15, 0.2) is 12.1 Å². The van der Waals surface area contributed by atoms with Gasteiger partial charge in [-0.2, -0.15) is 0 Å². The molecule has 1 rings (SSSR count). The number of nitrogens with one attached hydrogen (secondary N) is 1. The number of rotatable bonds is 5. The summed E-state index contributed by atoms with van der Waals surface area (Å²) in [5, 5.41) is 22.9. The summed E-state index contributed by atoms with van der Waals surface area (Å²) < 4.78 is 10.1. The molecule has 0 fully saturated rings. The Morgan fingerprint density at radius 1 is 1.41 bits per heavy atom. The van der Waals surface area contributed by atoms with Gasteiger partial charge in [0.1, 0.15) is 5.60 Å². The van der Waals surface area contributed by atoms with Crippen LogP contribution in [0.25, 0.3) is 0 Å². The first-order valence-electron chi connectivity index (χ1n) is 6.64. The summed E-state index contributed by atoms with van der Waals surface area (Å²) in [5.74, 6) is -0.148. The highest BCUT2D eigenvalue weighted by Gasteiger charge is 2.19. The Balaban J connectivity index is 2.99. The van der Waals surface area contributed by atoms with E-state index in [4.69, 9.17) is 9.47 Å². The third kappa shape index (κ3) is 5.47. The van der Waals surface area contributed by atoms with Crippen LogP contribution in [0.4, 0.5) is 10.5 Å². The Labute approximate surface area is 128 Å². The third-order valence-electron chi connectivity index (χ3n) is 2.57. The zero-order valence-corrected chi connectivity index (χ0v) is 13.0. The number of nitro groups is 1. The van der Waals surface area contributed by atoms with Gasteiger partial charge in [0, 0.05) is 11.3 Å². The Kier molecular flexibility index (Phi) is 5.56. The van der Waals surface area contributed by atoms with Crippen molar-refractivity contribution in [2.45, 2.75) is 32.8 Å². The van der Waals surface area contributed by atoms with Gasteiger partial charge in [0.25, 0.3) is 0 Å². The predicted molar refractivity (Wildman–Crippen MR) is 80.1 cm³/mol. The van der Waals surface area contributed by atoms with Gasteiger partial charge in [-0.1, -0.05) is 0 Å². The van der Waals surface area contributed by atoms with E-state index in [0.29, 0.717) is 5.56 Å². The molecule has 0 unspecified atom stereocenters. The van der Waals surface area contributed by atoms with Crippen molar-refractivity contribution in [3.05, 3.63) is 27.8 Å². The highest BCUT2D eigenvalue weighted by atomic mass is 16.6. The molecule has 0 aliphatic heterocycles. The van der Waals surface area contributed by atoms with E-state index in [1.54, 1.807) is 20.8 Å². The molecule has 0 saturated heterocycles. The van der Waals surface area contributed by atoms with Crippen LogP contribution < -0.4 is 10.1 Å². The van der Waals surface area contributed by atoms with Gasteiger partial charge in [0.2, 0.25) is 6.54 Å². The van der Waals surface area contributed by atoms with Crippen molar-refractivity contribution < 1.29 is 24.3 Å². The molecule has 0 aliphatic carbocycles. The van der Waals surface area contributed by atoms with E-state index < -0.39 is 16.6 Å². The number of anilines is 1. The standard InChI is InChI=1S/C14H20N2O6/c1-14(2,3)22-13(18)15-10-7-9(5-6-16(19)20)8-11(21-4)12(10)17/h7-8,17H,5-6H2,1-4H3,(H,15,18). The van der Waals surface area contributed by atoms with Crippen LogP contribution in [0.5, 0.6) is 11.5 Å². The van der Waals surface area contributed by atoms with Crippen LogP contribution in [0.2, 0.25) is 0 Å². The molecule has 0 radical (unpaired) electrons. The summed E-state index contributed by atoms with van der Waals surface area (Å²) >= 11 is 0. The number of hydrogen-bond donors (Lipinski definition) is 2. The van der Waals surface area contributed by atoms with Gasteiger partial charge in [-0.25, -0.2) is 4.79 Å². The predicted octanol–water partition coefficient (Wildman–Crippen LogP) is 2.57. The third-order valence-corrected chi connectivity index (χ3v) is 2.57. The quantitative estimate of drug-likeness (QED) is 0.491. The van der Waals surface area contributed by atoms with Gasteiger partial charge in [0.05, 0.1) is 12.8 Å². The molecule has 122 valence electrons. The van der Waals surface area contributed by atoms with Crippen molar-refractivity contribution in [2.75, 3.05) is 19.0 Å². The summed E-state index contributed by atoms with van der Waals surface area (Å²) in [6.07, 6.45) is -0.594. The highest BCUT2D eigenvalue weighted by molar-refractivity contribution is 5.88. The molecule has 0 spiro atoms. The second-order valence-corrected chi connectivity index (χ2v) is 5.63. The lowest BCUT2D eigenvalue weighted by atomic mass is 10.1. The second-order valence-electron chi connectivity index (χ2n) is 5.63. The van der Waals surface area contributed by atoms with E-state index >= 15 is 0 Å². The maximum Gasteiger partial charge on any atom is 0.412 e. The first-order valence-corrected chi connectivity index (χ1v) is 6.64. The molecule has 8 heteroatoms. The fourth-order valence-corrected chi connectivity index (χ4v) is 1.69. The number of carbonyl (C=O) groups is 1. The lowest BCUT2D eigenvalue weighted by Gasteiger charge is -2.20. The van der Waals surface area contributed by atoms with Crippen LogP contribution in [0.1, 0.15) is 26.3 Å². The van der Waals surface area contributed by atoms with Crippen molar-refractivity contribution in [1.29, 1.82) is 0 Å². The summed E-state index contributed by atoms with van der Waals surface area (Å²) in [5.41, 5.74) is -0.0585. The smallest absolute Gasteiger partial charge is 0.412 e. The Morgan fingerprint density at radius 3 is 2.55 bits per heavy atom. The lowest BCUT2D eigenvalue weighted by molar-refractivity contribution is -0.479. The number of aromatic hydroxyl groups is 1. The fourth-order valence-electron chi connectivity index (χ4n) is 1.69. The first-order chi connectivity index (χ1) is 10.1.